The van der Waals surface area contributed by atoms with Crippen LogP contribution in [0.2, 0.25) is 5.02 Å². The highest BCUT2D eigenvalue weighted by Crippen LogP contribution is 2.29. The number of urea groups is 1. The van der Waals surface area contributed by atoms with Crippen LogP contribution in [-0.2, 0) is 4.74 Å². The van der Waals surface area contributed by atoms with Crippen molar-refractivity contribution in [3.05, 3.63) is 80.9 Å². The number of halogens is 2. The van der Waals surface area contributed by atoms with Gasteiger partial charge in [0, 0.05) is 20.2 Å². The topological polar surface area (TPSA) is 105 Å². The Labute approximate surface area is 202 Å². The van der Waals surface area contributed by atoms with E-state index in [0.29, 0.717) is 17.3 Å². The third-order valence-corrected chi connectivity index (χ3v) is 5.99. The molecule has 4 rings (SSSR count). The molecule has 34 heavy (non-hydrogen) atoms. The van der Waals surface area contributed by atoms with Crippen molar-refractivity contribution in [2.24, 2.45) is 5.73 Å². The molecule has 0 saturated carbocycles. The number of carbonyl (C=O) groups excluding carboxylic acids is 1. The number of primary amides is 1. The first-order valence-corrected chi connectivity index (χ1v) is 11.3. The van der Waals surface area contributed by atoms with Crippen LogP contribution in [0.1, 0.15) is 23.5 Å². The molecule has 3 aromatic rings. The molecule has 1 fully saturated rings. The Balaban J connectivity index is 0.000000191. The molecule has 0 spiro atoms. The number of carbonyl (C=O) groups is 1. The van der Waals surface area contributed by atoms with E-state index in [1.54, 1.807) is 26.2 Å². The summed E-state index contributed by atoms with van der Waals surface area (Å²) in [6, 6.07) is 13.6. The van der Waals surface area contributed by atoms with Gasteiger partial charge in [0.15, 0.2) is 0 Å². The largest absolute Gasteiger partial charge is 0.383 e. The highest BCUT2D eigenvalue weighted by molar-refractivity contribution is 6.30. The van der Waals surface area contributed by atoms with Gasteiger partial charge >= 0.3 is 6.03 Å². The van der Waals surface area contributed by atoms with E-state index in [2.05, 4.69) is 15.3 Å². The number of H-pyrrole nitrogens is 1. The lowest BCUT2D eigenvalue weighted by molar-refractivity contribution is 0.160. The summed E-state index contributed by atoms with van der Waals surface area (Å²) in [5.74, 6) is 0.451. The molecule has 1 atom stereocenters. The number of ether oxygens (including phenoxy) is 1. The predicted molar refractivity (Wildman–Crippen MR) is 131 cm³/mol. The minimum atomic E-state index is -0.711. The summed E-state index contributed by atoms with van der Waals surface area (Å²) in [6.45, 7) is 5.34. The van der Waals surface area contributed by atoms with Crippen LogP contribution in [0.4, 0.5) is 15.0 Å². The van der Waals surface area contributed by atoms with Gasteiger partial charge in [0.05, 0.1) is 22.9 Å². The summed E-state index contributed by atoms with van der Waals surface area (Å²) < 4.78 is 19.9. The number of aromatic nitrogens is 2. The fraction of sp³-hybridized carbons (Fsp3) is 0.333. The van der Waals surface area contributed by atoms with Crippen LogP contribution in [-0.4, -0.2) is 54.1 Å². The summed E-state index contributed by atoms with van der Waals surface area (Å²) in [7, 11) is 1.71. The Morgan fingerprint density at radius 2 is 2.03 bits per heavy atom. The third-order valence-electron chi connectivity index (χ3n) is 5.69. The highest BCUT2D eigenvalue weighted by atomic mass is 35.5. The van der Waals surface area contributed by atoms with E-state index in [0.717, 1.165) is 43.9 Å². The summed E-state index contributed by atoms with van der Waals surface area (Å²) in [6.07, 6.45) is 1.07. The number of para-hydroxylation sites is 1. The van der Waals surface area contributed by atoms with Gasteiger partial charge in [-0.3, -0.25) is 15.2 Å². The monoisotopic (exact) mass is 489 g/mol. The lowest BCUT2D eigenvalue weighted by Crippen LogP contribution is -2.24. The van der Waals surface area contributed by atoms with Crippen LogP contribution in [0.15, 0.2) is 53.3 Å². The first-order valence-electron chi connectivity index (χ1n) is 10.9. The molecule has 2 aromatic carbocycles. The fourth-order valence-corrected chi connectivity index (χ4v) is 3.97. The summed E-state index contributed by atoms with van der Waals surface area (Å²) in [5, 5.41) is 5.25. The molecule has 0 aliphatic carbocycles. The number of nitrogens with zero attached hydrogens (tertiary/aromatic N) is 2. The number of anilines is 1. The van der Waals surface area contributed by atoms with Crippen LogP contribution in [0.3, 0.4) is 0 Å². The van der Waals surface area contributed by atoms with Gasteiger partial charge in [0.2, 0.25) is 0 Å². The second-order valence-electron chi connectivity index (χ2n) is 8.03. The maximum atomic E-state index is 13.4. The number of benzene rings is 2. The van der Waals surface area contributed by atoms with Crippen molar-refractivity contribution >= 4 is 23.4 Å². The van der Waals surface area contributed by atoms with Crippen molar-refractivity contribution < 1.29 is 13.9 Å². The van der Waals surface area contributed by atoms with Crippen molar-refractivity contribution in [3.8, 4) is 5.69 Å². The smallest absolute Gasteiger partial charge is 0.317 e. The van der Waals surface area contributed by atoms with E-state index >= 15 is 0 Å². The lowest BCUT2D eigenvalue weighted by Gasteiger charge is -2.15. The van der Waals surface area contributed by atoms with Crippen molar-refractivity contribution in [1.29, 1.82) is 0 Å². The normalized spacial score (nSPS) is 15.6. The first-order chi connectivity index (χ1) is 16.3. The van der Waals surface area contributed by atoms with Crippen molar-refractivity contribution in [2.75, 3.05) is 38.7 Å². The minimum Gasteiger partial charge on any atom is -0.383 e. The average molecular weight is 490 g/mol. The summed E-state index contributed by atoms with van der Waals surface area (Å²) in [4.78, 5) is 24.8. The number of hydrogen-bond acceptors (Lipinski definition) is 4. The Bertz CT molecular complexity index is 1170. The third kappa shape index (κ3) is 6.47. The molecule has 8 nitrogen and oxygen atoms in total. The molecular formula is C24H29ClFN5O3. The van der Waals surface area contributed by atoms with E-state index in [-0.39, 0.29) is 16.4 Å². The van der Waals surface area contributed by atoms with Gasteiger partial charge in [0.25, 0.3) is 5.56 Å². The Kier molecular flexibility index (Phi) is 8.86. The van der Waals surface area contributed by atoms with E-state index in [4.69, 9.17) is 22.1 Å². The zero-order valence-electron chi connectivity index (χ0n) is 19.2. The molecule has 4 N–H and O–H groups in total. The van der Waals surface area contributed by atoms with Gasteiger partial charge < -0.3 is 15.4 Å². The zero-order valence-corrected chi connectivity index (χ0v) is 19.9. The van der Waals surface area contributed by atoms with Crippen molar-refractivity contribution in [2.45, 2.75) is 19.3 Å². The molecule has 0 bridgehead atoms. The minimum absolute atomic E-state index is 0.197. The van der Waals surface area contributed by atoms with Crippen LogP contribution < -0.4 is 16.6 Å². The quantitative estimate of drug-likeness (QED) is 0.488. The lowest BCUT2D eigenvalue weighted by atomic mass is 9.98. The van der Waals surface area contributed by atoms with Crippen molar-refractivity contribution in [3.63, 3.8) is 0 Å². The van der Waals surface area contributed by atoms with Crippen LogP contribution in [0, 0.1) is 12.7 Å². The molecule has 2 heterocycles. The maximum absolute atomic E-state index is 13.4. The number of amides is 2. The standard InChI is InChI=1S/C13H17ClFNO.C11H12N4O2/c1-17-7-6-16-5-4-11(9-16)10-2-3-12(14)13(15)8-10;1-7-9(13-11(12)17)15(14-10(7)16)8-5-3-2-4-6-8/h2-3,8,11H,4-7,9H2,1H3;2-6H,1H3,(H,14,16)(H3,12,13,17)/t11-;/m0./s1. The number of likely N-dealkylation sites (tertiary alicyclic amines) is 1. The van der Waals surface area contributed by atoms with E-state index in [1.165, 1.54) is 4.68 Å². The molecule has 182 valence electrons. The number of hydrogen-bond donors (Lipinski definition) is 3. The van der Waals surface area contributed by atoms with Gasteiger partial charge in [-0.25, -0.2) is 13.9 Å². The van der Waals surface area contributed by atoms with Gasteiger partial charge in [-0.1, -0.05) is 35.9 Å². The second kappa shape index (κ2) is 11.8. The predicted octanol–water partition coefficient (Wildman–Crippen LogP) is 3.88. The Morgan fingerprint density at radius 1 is 1.29 bits per heavy atom. The fourth-order valence-electron chi connectivity index (χ4n) is 3.85. The van der Waals surface area contributed by atoms with E-state index < -0.39 is 6.03 Å². The number of nitrogens with two attached hydrogens (primary N) is 1. The highest BCUT2D eigenvalue weighted by Gasteiger charge is 2.24. The number of rotatable bonds is 6. The molecule has 1 aliphatic rings. The molecular weight excluding hydrogens is 461 g/mol. The number of methoxy groups -OCH3 is 1. The first kappa shape index (κ1) is 25.5. The molecule has 1 aromatic heterocycles. The number of nitrogens with one attached hydrogen (secondary N) is 2. The van der Waals surface area contributed by atoms with Crippen molar-refractivity contribution in [1.82, 2.24) is 14.7 Å². The second-order valence-corrected chi connectivity index (χ2v) is 8.43. The summed E-state index contributed by atoms with van der Waals surface area (Å²) >= 11 is 5.68. The maximum Gasteiger partial charge on any atom is 0.317 e. The Hall–Kier alpha value is -3.14. The van der Waals surface area contributed by atoms with Gasteiger partial charge in [0.1, 0.15) is 11.6 Å². The SMILES string of the molecule is COCCN1CC[C@H](c2ccc(Cl)c(F)c2)C1.Cc1c(NC(N)=O)n(-c2ccccc2)[nH]c1=O. The molecule has 1 saturated heterocycles. The molecule has 1 aliphatic heterocycles. The molecule has 0 unspecified atom stereocenters. The zero-order chi connectivity index (χ0) is 24.7. The van der Waals surface area contributed by atoms with Gasteiger partial charge in [-0.2, -0.15) is 0 Å². The summed E-state index contributed by atoms with van der Waals surface area (Å²) in [5.41, 5.74) is 7.00. The van der Waals surface area contributed by atoms with Crippen LogP contribution in [0.25, 0.3) is 5.69 Å². The van der Waals surface area contributed by atoms with E-state index in [1.807, 2.05) is 36.4 Å². The van der Waals surface area contributed by atoms with Crippen LogP contribution >= 0.6 is 11.6 Å². The van der Waals surface area contributed by atoms with Gasteiger partial charge in [-0.15, -0.1) is 0 Å². The molecule has 0 radical (unpaired) electrons. The van der Waals surface area contributed by atoms with Crippen LogP contribution in [0.5, 0.6) is 0 Å². The van der Waals surface area contributed by atoms with E-state index in [9.17, 15) is 14.0 Å². The molecule has 10 heteroatoms. The average Bonchev–Trinajstić information content (AvgIpc) is 3.41. The number of aromatic amines is 1. The molecule has 2 amide bonds. The Morgan fingerprint density at radius 3 is 2.68 bits per heavy atom. The van der Waals surface area contributed by atoms with Gasteiger partial charge in [-0.05, 0) is 55.6 Å².